The number of aliphatic carboxylic acids is 1. The fourth-order valence-electron chi connectivity index (χ4n) is 1.35. The summed E-state index contributed by atoms with van der Waals surface area (Å²) in [6, 6.07) is -1.16. The third-order valence-corrected chi connectivity index (χ3v) is 1.98. The Morgan fingerprint density at radius 1 is 1.57 bits per heavy atom. The summed E-state index contributed by atoms with van der Waals surface area (Å²) in [5, 5.41) is 10.9. The maximum Gasteiger partial charge on any atom is 0.325 e. The predicted molar refractivity (Wildman–Crippen MR) is 46.6 cm³/mol. The van der Waals surface area contributed by atoms with Gasteiger partial charge in [0.2, 0.25) is 0 Å². The van der Waals surface area contributed by atoms with E-state index in [1.54, 1.807) is 0 Å². The molecule has 0 radical (unpaired) electrons. The van der Waals surface area contributed by atoms with Crippen LogP contribution in [0.5, 0.6) is 0 Å². The molecule has 0 aromatic heterocycles. The zero-order valence-corrected chi connectivity index (χ0v) is 7.82. The van der Waals surface area contributed by atoms with Gasteiger partial charge < -0.3 is 10.4 Å². The van der Waals surface area contributed by atoms with Gasteiger partial charge in [-0.1, -0.05) is 13.3 Å². The van der Waals surface area contributed by atoms with Crippen LogP contribution >= 0.6 is 0 Å². The van der Waals surface area contributed by atoms with Crippen LogP contribution in [0.2, 0.25) is 0 Å². The Balaban J connectivity index is 2.65. The summed E-state index contributed by atoms with van der Waals surface area (Å²) in [7, 11) is 0. The second kappa shape index (κ2) is 4.08. The number of hydrogen-bond acceptors (Lipinski definition) is 3. The van der Waals surface area contributed by atoms with Gasteiger partial charge in [-0.25, -0.2) is 4.79 Å². The third kappa shape index (κ3) is 2.01. The lowest BCUT2D eigenvalue weighted by molar-refractivity contribution is -0.141. The van der Waals surface area contributed by atoms with Crippen LogP contribution in [0.3, 0.4) is 0 Å². The summed E-state index contributed by atoms with van der Waals surface area (Å²) >= 11 is 0. The van der Waals surface area contributed by atoms with Crippen LogP contribution in [0.4, 0.5) is 4.79 Å². The number of nitrogens with one attached hydrogen (secondary N) is 1. The van der Waals surface area contributed by atoms with Gasteiger partial charge in [0.15, 0.2) is 0 Å². The predicted octanol–water partition coefficient (Wildman–Crippen LogP) is -0.209. The molecule has 14 heavy (non-hydrogen) atoms. The van der Waals surface area contributed by atoms with Gasteiger partial charge in [-0.05, 0) is 6.42 Å². The summed E-state index contributed by atoms with van der Waals surface area (Å²) in [6.07, 6.45) is 1.30. The average molecular weight is 200 g/mol. The van der Waals surface area contributed by atoms with E-state index in [2.05, 4.69) is 5.32 Å². The number of urea groups is 1. The second-order valence-electron chi connectivity index (χ2n) is 3.11. The standard InChI is InChI=1S/C8H12N2O4/c1-2-3-5-7(13)10(4-6(11)12)8(14)9-5/h5H,2-4H2,1H3,(H,9,14)(H,11,12). The fourth-order valence-corrected chi connectivity index (χ4v) is 1.35. The Labute approximate surface area is 80.9 Å². The van der Waals surface area contributed by atoms with Crippen LogP contribution < -0.4 is 5.32 Å². The molecule has 6 heteroatoms. The fraction of sp³-hybridized carbons (Fsp3) is 0.625. The summed E-state index contributed by atoms with van der Waals surface area (Å²) in [5.41, 5.74) is 0. The summed E-state index contributed by atoms with van der Waals surface area (Å²) in [6.45, 7) is 1.32. The second-order valence-corrected chi connectivity index (χ2v) is 3.11. The molecule has 6 nitrogen and oxygen atoms in total. The Hall–Kier alpha value is -1.59. The molecule has 1 rings (SSSR count). The maximum absolute atomic E-state index is 11.4. The minimum Gasteiger partial charge on any atom is -0.480 e. The normalized spacial score (nSPS) is 21.2. The highest BCUT2D eigenvalue weighted by atomic mass is 16.4. The van der Waals surface area contributed by atoms with E-state index in [1.165, 1.54) is 0 Å². The average Bonchev–Trinajstić information content (AvgIpc) is 2.33. The molecule has 1 aliphatic rings. The van der Waals surface area contributed by atoms with Crippen LogP contribution in [-0.2, 0) is 9.59 Å². The zero-order chi connectivity index (χ0) is 10.7. The molecule has 0 aliphatic carbocycles. The van der Waals surface area contributed by atoms with E-state index in [0.29, 0.717) is 6.42 Å². The minimum atomic E-state index is -1.19. The van der Waals surface area contributed by atoms with Gasteiger partial charge >= 0.3 is 12.0 Å². The van der Waals surface area contributed by atoms with Gasteiger partial charge in [-0.2, -0.15) is 0 Å². The van der Waals surface area contributed by atoms with Crippen molar-refractivity contribution in [1.82, 2.24) is 10.2 Å². The van der Waals surface area contributed by atoms with Crippen LogP contribution in [0.15, 0.2) is 0 Å². The lowest BCUT2D eigenvalue weighted by Gasteiger charge is -2.08. The van der Waals surface area contributed by atoms with Crippen molar-refractivity contribution in [1.29, 1.82) is 0 Å². The molecule has 1 atom stereocenters. The first-order chi connectivity index (χ1) is 6.56. The van der Waals surface area contributed by atoms with E-state index >= 15 is 0 Å². The number of imide groups is 1. The first kappa shape index (κ1) is 10.5. The molecule has 0 spiro atoms. The van der Waals surface area contributed by atoms with Crippen LogP contribution in [0.1, 0.15) is 19.8 Å². The van der Waals surface area contributed by atoms with Crippen LogP contribution in [0, 0.1) is 0 Å². The number of carboxylic acid groups (broad SMARTS) is 1. The van der Waals surface area contributed by atoms with Crippen molar-refractivity contribution in [2.75, 3.05) is 6.54 Å². The molecule has 1 heterocycles. The van der Waals surface area contributed by atoms with Crippen molar-refractivity contribution >= 4 is 17.9 Å². The third-order valence-electron chi connectivity index (χ3n) is 1.98. The lowest BCUT2D eigenvalue weighted by atomic mass is 10.2. The van der Waals surface area contributed by atoms with Crippen molar-refractivity contribution in [3.63, 3.8) is 0 Å². The van der Waals surface area contributed by atoms with E-state index in [-0.39, 0.29) is 0 Å². The molecule has 1 saturated heterocycles. The molecular weight excluding hydrogens is 188 g/mol. The van der Waals surface area contributed by atoms with E-state index < -0.39 is 30.5 Å². The van der Waals surface area contributed by atoms with Gasteiger partial charge in [0.25, 0.3) is 5.91 Å². The van der Waals surface area contributed by atoms with E-state index in [0.717, 1.165) is 11.3 Å². The number of hydrogen-bond donors (Lipinski definition) is 2. The Bertz CT molecular complexity index is 277. The van der Waals surface area contributed by atoms with Crippen molar-refractivity contribution in [3.05, 3.63) is 0 Å². The van der Waals surface area contributed by atoms with Crippen LogP contribution in [0.25, 0.3) is 0 Å². The number of carboxylic acids is 1. The molecule has 2 N–H and O–H groups in total. The highest BCUT2D eigenvalue weighted by Gasteiger charge is 2.38. The Morgan fingerprint density at radius 2 is 2.21 bits per heavy atom. The number of amides is 3. The molecule has 1 aliphatic heterocycles. The number of carbonyl (C=O) groups excluding carboxylic acids is 2. The van der Waals surface area contributed by atoms with Crippen molar-refractivity contribution < 1.29 is 19.5 Å². The summed E-state index contributed by atoms with van der Waals surface area (Å²) < 4.78 is 0. The van der Waals surface area contributed by atoms with E-state index in [9.17, 15) is 14.4 Å². The first-order valence-corrected chi connectivity index (χ1v) is 4.40. The Morgan fingerprint density at radius 3 is 2.71 bits per heavy atom. The highest BCUT2D eigenvalue weighted by Crippen LogP contribution is 2.10. The topological polar surface area (TPSA) is 86.7 Å². The van der Waals surface area contributed by atoms with E-state index in [1.807, 2.05) is 6.92 Å². The summed E-state index contributed by atoms with van der Waals surface area (Å²) in [5.74, 6) is -1.63. The highest BCUT2D eigenvalue weighted by molar-refractivity contribution is 6.05. The van der Waals surface area contributed by atoms with E-state index in [4.69, 9.17) is 5.11 Å². The van der Waals surface area contributed by atoms with Crippen molar-refractivity contribution in [2.45, 2.75) is 25.8 Å². The molecule has 78 valence electrons. The number of rotatable bonds is 4. The van der Waals surface area contributed by atoms with Crippen molar-refractivity contribution in [3.8, 4) is 0 Å². The first-order valence-electron chi connectivity index (χ1n) is 4.40. The Kier molecular flexibility index (Phi) is 3.06. The van der Waals surface area contributed by atoms with Gasteiger partial charge in [-0.15, -0.1) is 0 Å². The smallest absolute Gasteiger partial charge is 0.325 e. The van der Waals surface area contributed by atoms with Gasteiger partial charge in [0, 0.05) is 0 Å². The number of carbonyl (C=O) groups is 3. The van der Waals surface area contributed by atoms with Gasteiger partial charge in [-0.3, -0.25) is 14.5 Å². The lowest BCUT2D eigenvalue weighted by Crippen LogP contribution is -2.36. The molecular formula is C8H12N2O4. The quantitative estimate of drug-likeness (QED) is 0.615. The molecule has 0 aromatic rings. The molecule has 0 saturated carbocycles. The number of nitrogens with zero attached hydrogens (tertiary/aromatic N) is 1. The van der Waals surface area contributed by atoms with Gasteiger partial charge in [0.05, 0.1) is 0 Å². The SMILES string of the molecule is CCCC1NC(=O)N(CC(=O)O)C1=O. The maximum atomic E-state index is 11.4. The minimum absolute atomic E-state index is 0.445. The van der Waals surface area contributed by atoms with Crippen molar-refractivity contribution in [2.24, 2.45) is 0 Å². The van der Waals surface area contributed by atoms with Crippen LogP contribution in [-0.4, -0.2) is 40.5 Å². The van der Waals surface area contributed by atoms with Gasteiger partial charge in [0.1, 0.15) is 12.6 Å². The largest absolute Gasteiger partial charge is 0.480 e. The zero-order valence-electron chi connectivity index (χ0n) is 7.82. The molecule has 0 aromatic carbocycles. The summed E-state index contributed by atoms with van der Waals surface area (Å²) in [4.78, 5) is 33.6. The molecule has 0 bridgehead atoms. The molecule has 3 amide bonds. The molecule has 1 fully saturated rings. The molecule has 1 unspecified atom stereocenters. The monoisotopic (exact) mass is 200 g/mol.